The maximum Gasteiger partial charge on any atom is 0.278 e. The van der Waals surface area contributed by atoms with Gasteiger partial charge in [0.15, 0.2) is 11.2 Å². The summed E-state index contributed by atoms with van der Waals surface area (Å²) in [6.07, 6.45) is 0. The molecule has 0 spiro atoms. The normalized spacial score (nSPS) is 11.1. The number of aromatic nitrogens is 4. The Hall–Kier alpha value is -1.86. The van der Waals surface area contributed by atoms with E-state index in [0.717, 1.165) is 4.47 Å². The van der Waals surface area contributed by atoms with Gasteiger partial charge in [-0.15, -0.1) is 0 Å². The average Bonchev–Trinajstić information content (AvgIpc) is 2.72. The Labute approximate surface area is 120 Å². The van der Waals surface area contributed by atoms with E-state index in [0.29, 0.717) is 16.4 Å². The Morgan fingerprint density at radius 1 is 1.26 bits per heavy atom. The van der Waals surface area contributed by atoms with Gasteiger partial charge < -0.3 is 10.7 Å². The molecule has 4 N–H and O–H groups in total. The predicted molar refractivity (Wildman–Crippen MR) is 77.1 cm³/mol. The van der Waals surface area contributed by atoms with E-state index in [1.54, 1.807) is 12.1 Å². The third kappa shape index (κ3) is 2.11. The summed E-state index contributed by atoms with van der Waals surface area (Å²) in [5.74, 6) is 0.494. The number of nitrogen functional groups attached to an aromatic ring is 1. The van der Waals surface area contributed by atoms with Crippen LogP contribution in [-0.2, 0) is 0 Å². The standard InChI is InChI=1S/C11H7BrClN5O/c12-4-1-2-5(6(13)3-4)8-15-7-9(16-8)17-11(14)18-10(7)19/h1-3H,(H4,14,15,16,17,18,19). The van der Waals surface area contributed by atoms with Crippen molar-refractivity contribution in [1.29, 1.82) is 0 Å². The van der Waals surface area contributed by atoms with Gasteiger partial charge in [0.1, 0.15) is 5.82 Å². The van der Waals surface area contributed by atoms with Crippen molar-refractivity contribution in [3.05, 3.63) is 38.0 Å². The molecule has 0 aliphatic heterocycles. The van der Waals surface area contributed by atoms with Crippen LogP contribution in [0.2, 0.25) is 5.02 Å². The molecule has 19 heavy (non-hydrogen) atoms. The molecule has 0 saturated carbocycles. The number of rotatable bonds is 1. The number of nitrogens with two attached hydrogens (primary N) is 1. The summed E-state index contributed by atoms with van der Waals surface area (Å²) in [6, 6.07) is 5.37. The molecule has 6 nitrogen and oxygen atoms in total. The van der Waals surface area contributed by atoms with Gasteiger partial charge in [-0.2, -0.15) is 4.98 Å². The topological polar surface area (TPSA) is 100 Å². The molecular formula is C11H7BrClN5O. The molecule has 0 amide bonds. The van der Waals surface area contributed by atoms with Crippen LogP contribution in [0.5, 0.6) is 0 Å². The van der Waals surface area contributed by atoms with Gasteiger partial charge in [0.2, 0.25) is 5.95 Å². The first-order valence-corrected chi connectivity index (χ1v) is 6.42. The Morgan fingerprint density at radius 2 is 2.05 bits per heavy atom. The lowest BCUT2D eigenvalue weighted by Crippen LogP contribution is -2.10. The molecule has 8 heteroatoms. The highest BCUT2D eigenvalue weighted by Crippen LogP contribution is 2.29. The van der Waals surface area contributed by atoms with E-state index in [1.165, 1.54) is 0 Å². The van der Waals surface area contributed by atoms with Crippen molar-refractivity contribution in [2.24, 2.45) is 0 Å². The van der Waals surface area contributed by atoms with Crippen molar-refractivity contribution < 1.29 is 0 Å². The van der Waals surface area contributed by atoms with Crippen molar-refractivity contribution in [1.82, 2.24) is 19.9 Å². The Morgan fingerprint density at radius 3 is 2.79 bits per heavy atom. The number of aromatic amines is 2. The van der Waals surface area contributed by atoms with Crippen LogP contribution in [0.15, 0.2) is 27.5 Å². The predicted octanol–water partition coefficient (Wildman–Crippen LogP) is 2.31. The largest absolute Gasteiger partial charge is 0.369 e. The van der Waals surface area contributed by atoms with Crippen molar-refractivity contribution in [3.63, 3.8) is 0 Å². The van der Waals surface area contributed by atoms with E-state index in [2.05, 4.69) is 35.9 Å². The molecule has 0 unspecified atom stereocenters. The molecule has 0 aliphatic rings. The molecule has 0 atom stereocenters. The lowest BCUT2D eigenvalue weighted by Gasteiger charge is -2.00. The quantitative estimate of drug-likeness (QED) is 0.633. The molecular weight excluding hydrogens is 334 g/mol. The van der Waals surface area contributed by atoms with E-state index < -0.39 is 0 Å². The molecule has 0 radical (unpaired) electrons. The summed E-state index contributed by atoms with van der Waals surface area (Å²) < 4.78 is 0.859. The van der Waals surface area contributed by atoms with Crippen LogP contribution in [0.3, 0.4) is 0 Å². The minimum absolute atomic E-state index is 0.0254. The maximum absolute atomic E-state index is 11.7. The highest BCUT2D eigenvalue weighted by atomic mass is 79.9. The van der Waals surface area contributed by atoms with Crippen molar-refractivity contribution >= 4 is 44.6 Å². The lowest BCUT2D eigenvalue weighted by molar-refractivity contribution is 1.17. The molecule has 3 rings (SSSR count). The second kappa shape index (κ2) is 4.36. The molecule has 2 aromatic heterocycles. The Bertz CT molecular complexity index is 841. The molecule has 1 aromatic carbocycles. The smallest absolute Gasteiger partial charge is 0.278 e. The van der Waals surface area contributed by atoms with E-state index in [1.807, 2.05) is 6.07 Å². The first kappa shape index (κ1) is 12.2. The number of anilines is 1. The van der Waals surface area contributed by atoms with E-state index in [9.17, 15) is 4.79 Å². The maximum atomic E-state index is 11.7. The second-order valence-corrected chi connectivity index (χ2v) is 5.18. The number of fused-ring (bicyclic) bond motifs is 1. The van der Waals surface area contributed by atoms with E-state index in [4.69, 9.17) is 17.3 Å². The summed E-state index contributed by atoms with van der Waals surface area (Å²) >= 11 is 9.47. The van der Waals surface area contributed by atoms with Gasteiger partial charge in [-0.25, -0.2) is 4.98 Å². The average molecular weight is 341 g/mol. The molecule has 3 aromatic rings. The van der Waals surface area contributed by atoms with Gasteiger partial charge >= 0.3 is 0 Å². The summed E-state index contributed by atoms with van der Waals surface area (Å²) in [5, 5.41) is 0.512. The third-order valence-corrected chi connectivity index (χ3v) is 3.37. The minimum Gasteiger partial charge on any atom is -0.369 e. The number of benzene rings is 1. The summed E-state index contributed by atoms with van der Waals surface area (Å²) in [4.78, 5) is 25.2. The van der Waals surface area contributed by atoms with Gasteiger partial charge in [0, 0.05) is 10.0 Å². The summed E-state index contributed by atoms with van der Waals surface area (Å²) in [5.41, 5.74) is 6.31. The summed E-state index contributed by atoms with van der Waals surface area (Å²) in [6.45, 7) is 0. The number of hydrogen-bond donors (Lipinski definition) is 3. The first-order chi connectivity index (χ1) is 9.04. The Kier molecular flexibility index (Phi) is 2.79. The molecule has 0 aliphatic carbocycles. The second-order valence-electron chi connectivity index (χ2n) is 3.86. The third-order valence-electron chi connectivity index (χ3n) is 2.57. The molecule has 0 saturated heterocycles. The monoisotopic (exact) mass is 339 g/mol. The fraction of sp³-hybridized carbons (Fsp3) is 0. The van der Waals surface area contributed by atoms with Crippen LogP contribution in [0.25, 0.3) is 22.6 Å². The first-order valence-electron chi connectivity index (χ1n) is 5.25. The highest BCUT2D eigenvalue weighted by Gasteiger charge is 2.12. The molecule has 2 heterocycles. The van der Waals surface area contributed by atoms with Crippen LogP contribution >= 0.6 is 27.5 Å². The van der Waals surface area contributed by atoms with Crippen molar-refractivity contribution in [2.75, 3.05) is 5.73 Å². The van der Waals surface area contributed by atoms with Crippen LogP contribution < -0.4 is 11.3 Å². The zero-order chi connectivity index (χ0) is 13.6. The fourth-order valence-electron chi connectivity index (χ4n) is 1.73. The number of nitrogens with one attached hydrogen (secondary N) is 2. The number of nitrogens with zero attached hydrogens (tertiary/aromatic N) is 2. The number of hydrogen-bond acceptors (Lipinski definition) is 4. The number of H-pyrrole nitrogens is 2. The molecule has 0 fully saturated rings. The van der Waals surface area contributed by atoms with Gasteiger partial charge in [-0.05, 0) is 18.2 Å². The van der Waals surface area contributed by atoms with E-state index >= 15 is 0 Å². The van der Waals surface area contributed by atoms with Gasteiger partial charge in [-0.1, -0.05) is 27.5 Å². The van der Waals surface area contributed by atoms with Crippen LogP contribution in [0.1, 0.15) is 0 Å². The highest BCUT2D eigenvalue weighted by molar-refractivity contribution is 9.10. The molecule has 96 valence electrons. The SMILES string of the molecule is Nc1nc2nc(-c3ccc(Br)cc3Cl)[nH]c2c(=O)[nH]1. The Balaban J connectivity index is 2.26. The summed E-state index contributed by atoms with van der Waals surface area (Å²) in [7, 11) is 0. The molecule has 0 bridgehead atoms. The lowest BCUT2D eigenvalue weighted by atomic mass is 10.2. The minimum atomic E-state index is -0.366. The zero-order valence-electron chi connectivity index (χ0n) is 9.37. The zero-order valence-corrected chi connectivity index (χ0v) is 11.7. The van der Waals surface area contributed by atoms with Gasteiger partial charge in [0.25, 0.3) is 5.56 Å². The van der Waals surface area contributed by atoms with E-state index in [-0.39, 0.29) is 22.7 Å². The van der Waals surface area contributed by atoms with Gasteiger partial charge in [-0.3, -0.25) is 9.78 Å². The van der Waals surface area contributed by atoms with Crippen LogP contribution in [0, 0.1) is 0 Å². The van der Waals surface area contributed by atoms with Gasteiger partial charge in [0.05, 0.1) is 5.02 Å². The van der Waals surface area contributed by atoms with Crippen LogP contribution in [0.4, 0.5) is 5.95 Å². The van der Waals surface area contributed by atoms with Crippen molar-refractivity contribution in [2.45, 2.75) is 0 Å². The number of imidazole rings is 1. The van der Waals surface area contributed by atoms with Crippen molar-refractivity contribution in [3.8, 4) is 11.4 Å². The fourth-order valence-corrected chi connectivity index (χ4v) is 2.50. The number of halogens is 2. The van der Waals surface area contributed by atoms with Crippen LogP contribution in [-0.4, -0.2) is 19.9 Å².